The molecule has 0 radical (unpaired) electrons. The Balaban J connectivity index is 1.55. The second-order valence-corrected chi connectivity index (χ2v) is 14.6. The number of fused-ring (bicyclic) bond motifs is 2. The molecule has 0 saturated carbocycles. The van der Waals surface area contributed by atoms with Gasteiger partial charge in [-0.05, 0) is 78.3 Å². The van der Waals surface area contributed by atoms with Crippen molar-refractivity contribution in [3.8, 4) is 11.5 Å². The smallest absolute Gasteiger partial charge is 0.306 e. The molecule has 4 aromatic rings. The quantitative estimate of drug-likeness (QED) is 0.229. The zero-order chi connectivity index (χ0) is 32.7. The van der Waals surface area contributed by atoms with Crippen molar-refractivity contribution in [2.24, 2.45) is 7.05 Å². The van der Waals surface area contributed by atoms with Crippen LogP contribution in [0.5, 0.6) is 11.5 Å². The first-order chi connectivity index (χ1) is 21.2. The van der Waals surface area contributed by atoms with Crippen LogP contribution in [0.3, 0.4) is 0 Å². The van der Waals surface area contributed by atoms with E-state index >= 15 is 0 Å². The first-order valence-corrected chi connectivity index (χ1v) is 16.6. The number of hydrogen-bond donors (Lipinski definition) is 0. The summed E-state index contributed by atoms with van der Waals surface area (Å²) in [5.41, 5.74) is 5.67. The number of hydrogen-bond acceptors (Lipinski definition) is 8. The van der Waals surface area contributed by atoms with E-state index in [4.69, 9.17) is 14.2 Å². The van der Waals surface area contributed by atoms with Gasteiger partial charge in [-0.25, -0.2) is 13.1 Å². The highest BCUT2D eigenvalue weighted by Gasteiger charge is 2.35. The molecule has 0 bridgehead atoms. The van der Waals surface area contributed by atoms with Gasteiger partial charge < -0.3 is 14.2 Å². The maximum absolute atomic E-state index is 14.1. The molecule has 0 saturated heterocycles. The number of sulfonamides is 1. The second kappa shape index (κ2) is 12.4. The molecule has 0 N–H and O–H groups in total. The van der Waals surface area contributed by atoms with E-state index in [2.05, 4.69) is 31.1 Å². The number of esters is 1. The maximum Gasteiger partial charge on any atom is 0.306 e. The van der Waals surface area contributed by atoms with Crippen LogP contribution in [0, 0.1) is 6.92 Å². The van der Waals surface area contributed by atoms with Gasteiger partial charge in [0.05, 0.1) is 26.7 Å². The average Bonchev–Trinajstić information content (AvgIpc) is 3.32. The van der Waals surface area contributed by atoms with Gasteiger partial charge in [-0.15, -0.1) is 5.10 Å². The van der Waals surface area contributed by atoms with Crippen molar-refractivity contribution in [2.45, 2.75) is 76.8 Å². The van der Waals surface area contributed by atoms with Crippen molar-refractivity contribution in [1.82, 2.24) is 19.3 Å². The molecule has 0 spiro atoms. The van der Waals surface area contributed by atoms with Crippen LogP contribution in [0.25, 0.3) is 11.0 Å². The third-order valence-corrected chi connectivity index (χ3v) is 10.2. The second-order valence-electron chi connectivity index (χ2n) is 12.7. The van der Waals surface area contributed by atoms with E-state index in [0.29, 0.717) is 17.0 Å². The number of ether oxygens (including phenoxy) is 3. The van der Waals surface area contributed by atoms with Crippen molar-refractivity contribution in [3.63, 3.8) is 0 Å². The van der Waals surface area contributed by atoms with Crippen molar-refractivity contribution in [2.75, 3.05) is 20.3 Å². The van der Waals surface area contributed by atoms with Crippen LogP contribution >= 0.6 is 0 Å². The van der Waals surface area contributed by atoms with Crippen LogP contribution in [0.4, 0.5) is 0 Å². The molecule has 0 unspecified atom stereocenters. The minimum absolute atomic E-state index is 0.0850. The standard InChI is InChI=1S/C34H42N4O6S/c1-9-43-32(39)18-27(24-15-28-33(30(16-24)42-8)37(7)36-35-28)23-11-10-21(2)25(14-23)20-38-19-22(3)44-29-17-26(34(4,5)6)12-13-31(29)45(38,40)41/h10-17,22,27H,9,18-20H2,1-8H3/t22-,27+/m1/s1. The van der Waals surface area contributed by atoms with E-state index in [1.807, 2.05) is 56.3 Å². The predicted octanol–water partition coefficient (Wildman–Crippen LogP) is 5.64. The lowest BCUT2D eigenvalue weighted by atomic mass is 9.86. The zero-order valence-electron chi connectivity index (χ0n) is 27.2. The number of nitrogens with zero attached hydrogens (tertiary/aromatic N) is 4. The Morgan fingerprint density at radius 3 is 2.56 bits per heavy atom. The molecule has 2 heterocycles. The highest BCUT2D eigenvalue weighted by molar-refractivity contribution is 7.89. The van der Waals surface area contributed by atoms with Crippen LogP contribution in [-0.4, -0.2) is 60.1 Å². The Hall–Kier alpha value is -3.96. The number of carbonyl (C=O) groups excluding carboxylic acids is 1. The van der Waals surface area contributed by atoms with E-state index in [0.717, 1.165) is 33.3 Å². The van der Waals surface area contributed by atoms with Gasteiger partial charge in [0.15, 0.2) is 0 Å². The molecule has 2 atom stereocenters. The van der Waals surface area contributed by atoms with Gasteiger partial charge in [-0.1, -0.05) is 50.3 Å². The minimum atomic E-state index is -3.87. The van der Waals surface area contributed by atoms with E-state index in [1.54, 1.807) is 31.8 Å². The number of rotatable bonds is 8. The average molecular weight is 635 g/mol. The first kappa shape index (κ1) is 32.4. The van der Waals surface area contributed by atoms with Crippen molar-refractivity contribution < 1.29 is 27.4 Å². The fraction of sp³-hybridized carbons (Fsp3) is 0.441. The molecule has 1 aromatic heterocycles. The SMILES string of the molecule is CCOC(=O)C[C@@H](c1ccc(C)c(CN2C[C@@H](C)Oc3cc(C(C)(C)C)ccc3S2(=O)=O)c1)c1cc(OC)c2c(c1)nnn2C. The van der Waals surface area contributed by atoms with Gasteiger partial charge in [0.2, 0.25) is 10.0 Å². The van der Waals surface area contributed by atoms with Crippen LogP contribution in [0.1, 0.15) is 74.8 Å². The molecule has 0 amide bonds. The van der Waals surface area contributed by atoms with Gasteiger partial charge >= 0.3 is 5.97 Å². The molecule has 0 aliphatic carbocycles. The van der Waals surface area contributed by atoms with Gasteiger partial charge in [0.1, 0.15) is 33.5 Å². The van der Waals surface area contributed by atoms with E-state index in [9.17, 15) is 13.2 Å². The molecule has 45 heavy (non-hydrogen) atoms. The Bertz CT molecular complexity index is 1840. The summed E-state index contributed by atoms with van der Waals surface area (Å²) < 4.78 is 48.5. The Labute approximate surface area is 265 Å². The van der Waals surface area contributed by atoms with Gasteiger partial charge in [-0.2, -0.15) is 4.31 Å². The van der Waals surface area contributed by atoms with Crippen molar-refractivity contribution in [3.05, 3.63) is 76.3 Å². The van der Waals surface area contributed by atoms with Crippen molar-refractivity contribution in [1.29, 1.82) is 0 Å². The van der Waals surface area contributed by atoms with Gasteiger partial charge in [-0.3, -0.25) is 4.79 Å². The minimum Gasteiger partial charge on any atom is -0.494 e. The molecule has 240 valence electrons. The monoisotopic (exact) mass is 634 g/mol. The number of carbonyl (C=O) groups is 1. The third kappa shape index (κ3) is 6.55. The Morgan fingerprint density at radius 1 is 1.11 bits per heavy atom. The molecule has 5 rings (SSSR count). The molecule has 3 aromatic carbocycles. The normalized spacial score (nSPS) is 17.3. The van der Waals surface area contributed by atoms with Gasteiger partial charge in [0.25, 0.3) is 0 Å². The van der Waals surface area contributed by atoms with Crippen LogP contribution < -0.4 is 9.47 Å². The fourth-order valence-corrected chi connectivity index (χ4v) is 7.42. The van der Waals surface area contributed by atoms with Gasteiger partial charge in [0, 0.05) is 19.5 Å². The molecule has 11 heteroatoms. The number of methoxy groups -OCH3 is 1. The Morgan fingerprint density at radius 2 is 1.87 bits per heavy atom. The lowest BCUT2D eigenvalue weighted by Crippen LogP contribution is -2.35. The fourth-order valence-electron chi connectivity index (χ4n) is 5.82. The topological polar surface area (TPSA) is 113 Å². The summed E-state index contributed by atoms with van der Waals surface area (Å²) in [6, 6.07) is 15.1. The molecule has 1 aliphatic heterocycles. The molecular formula is C34H42N4O6S. The molecule has 0 fully saturated rings. The van der Waals surface area contributed by atoms with Crippen molar-refractivity contribution >= 4 is 27.0 Å². The lowest BCUT2D eigenvalue weighted by molar-refractivity contribution is -0.143. The zero-order valence-corrected chi connectivity index (χ0v) is 28.1. The van der Waals surface area contributed by atoms with E-state index in [1.165, 1.54) is 4.31 Å². The highest BCUT2D eigenvalue weighted by Crippen LogP contribution is 2.38. The van der Waals surface area contributed by atoms with E-state index < -0.39 is 15.9 Å². The highest BCUT2D eigenvalue weighted by atomic mass is 32.2. The summed E-state index contributed by atoms with van der Waals surface area (Å²) in [6.07, 6.45) is -0.274. The summed E-state index contributed by atoms with van der Waals surface area (Å²) in [5.74, 6) is 0.235. The number of aromatic nitrogens is 3. The first-order valence-electron chi connectivity index (χ1n) is 15.2. The molecule has 10 nitrogen and oxygen atoms in total. The van der Waals surface area contributed by atoms with E-state index in [-0.39, 0.29) is 48.5 Å². The summed E-state index contributed by atoms with van der Waals surface area (Å²) in [7, 11) is -0.488. The molecule has 1 aliphatic rings. The van der Waals surface area contributed by atoms with Crippen LogP contribution in [0.2, 0.25) is 0 Å². The summed E-state index contributed by atoms with van der Waals surface area (Å²) in [5, 5.41) is 8.43. The maximum atomic E-state index is 14.1. The predicted molar refractivity (Wildman–Crippen MR) is 172 cm³/mol. The van der Waals surface area contributed by atoms with Crippen LogP contribution in [-0.2, 0) is 38.6 Å². The molecular weight excluding hydrogens is 592 g/mol. The third-order valence-electron chi connectivity index (χ3n) is 8.32. The number of benzene rings is 3. The summed E-state index contributed by atoms with van der Waals surface area (Å²) >= 11 is 0. The lowest BCUT2D eigenvalue weighted by Gasteiger charge is -2.24. The number of aryl methyl sites for hydroxylation is 2. The summed E-state index contributed by atoms with van der Waals surface area (Å²) in [6.45, 7) is 12.5. The summed E-state index contributed by atoms with van der Waals surface area (Å²) in [4.78, 5) is 13.0. The largest absolute Gasteiger partial charge is 0.494 e. The van der Waals surface area contributed by atoms with Crippen LogP contribution in [0.15, 0.2) is 53.4 Å². The Kier molecular flexibility index (Phi) is 8.97.